The zero-order valence-electron chi connectivity index (χ0n) is 13.0. The molecule has 5 nitrogen and oxygen atoms in total. The maximum atomic E-state index is 12.1. The fourth-order valence-electron chi connectivity index (χ4n) is 1.87. The summed E-state index contributed by atoms with van der Waals surface area (Å²) in [6, 6.07) is 11.2. The van der Waals surface area contributed by atoms with E-state index in [1.165, 1.54) is 18.2 Å². The quantitative estimate of drug-likeness (QED) is 0.698. The minimum Gasteiger partial charge on any atom is -0.494 e. The van der Waals surface area contributed by atoms with E-state index in [-0.39, 0.29) is 23.1 Å². The first kappa shape index (κ1) is 18.9. The standard InChI is InChI=1S/C16H17Cl2NO4S/c1-2-22-12-3-5-13(6-4-12)23-10-9-19-24(20,21)14-7-8-15(17)16(18)11-14/h3-8,11,19H,2,9-10H2,1H3. The smallest absolute Gasteiger partial charge is 0.240 e. The molecule has 2 aromatic rings. The summed E-state index contributed by atoms with van der Waals surface area (Å²) < 4.78 is 37.5. The second-order valence-electron chi connectivity index (χ2n) is 4.73. The van der Waals surface area contributed by atoms with Crippen LogP contribution in [0.1, 0.15) is 6.92 Å². The van der Waals surface area contributed by atoms with Crippen LogP contribution >= 0.6 is 23.2 Å². The molecule has 2 rings (SSSR count). The number of hydrogen-bond donors (Lipinski definition) is 1. The highest BCUT2D eigenvalue weighted by Gasteiger charge is 2.14. The van der Waals surface area contributed by atoms with E-state index in [9.17, 15) is 8.42 Å². The molecule has 0 aliphatic heterocycles. The molecule has 24 heavy (non-hydrogen) atoms. The third kappa shape index (κ3) is 5.27. The predicted molar refractivity (Wildman–Crippen MR) is 94.8 cm³/mol. The maximum absolute atomic E-state index is 12.1. The topological polar surface area (TPSA) is 64.6 Å². The predicted octanol–water partition coefficient (Wildman–Crippen LogP) is 3.75. The van der Waals surface area contributed by atoms with Crippen molar-refractivity contribution in [3.63, 3.8) is 0 Å². The minimum absolute atomic E-state index is 0.0537. The van der Waals surface area contributed by atoms with Gasteiger partial charge in [-0.1, -0.05) is 23.2 Å². The fraction of sp³-hybridized carbons (Fsp3) is 0.250. The molecule has 0 saturated carbocycles. The van der Waals surface area contributed by atoms with Crippen LogP contribution in [0.4, 0.5) is 0 Å². The lowest BCUT2D eigenvalue weighted by Gasteiger charge is -2.10. The van der Waals surface area contributed by atoms with E-state index in [2.05, 4.69) is 4.72 Å². The normalized spacial score (nSPS) is 11.3. The summed E-state index contributed by atoms with van der Waals surface area (Å²) in [5.41, 5.74) is 0. The maximum Gasteiger partial charge on any atom is 0.240 e. The number of halogens is 2. The number of sulfonamides is 1. The molecule has 0 bridgehead atoms. The zero-order valence-corrected chi connectivity index (χ0v) is 15.3. The first-order valence-electron chi connectivity index (χ1n) is 7.23. The van der Waals surface area contributed by atoms with Crippen molar-refractivity contribution >= 4 is 33.2 Å². The lowest BCUT2D eigenvalue weighted by molar-refractivity contribution is 0.319. The van der Waals surface area contributed by atoms with Crippen molar-refractivity contribution < 1.29 is 17.9 Å². The number of ether oxygens (including phenoxy) is 2. The molecule has 0 heterocycles. The van der Waals surface area contributed by atoms with E-state index in [4.69, 9.17) is 32.7 Å². The minimum atomic E-state index is -3.66. The molecule has 0 spiro atoms. The average Bonchev–Trinajstić information content (AvgIpc) is 2.56. The van der Waals surface area contributed by atoms with Crippen molar-refractivity contribution in [2.75, 3.05) is 19.8 Å². The van der Waals surface area contributed by atoms with Gasteiger partial charge < -0.3 is 9.47 Å². The summed E-state index contributed by atoms with van der Waals surface area (Å²) in [6.45, 7) is 2.81. The highest BCUT2D eigenvalue weighted by molar-refractivity contribution is 7.89. The van der Waals surface area contributed by atoms with E-state index >= 15 is 0 Å². The Bertz CT molecular complexity index is 779. The van der Waals surface area contributed by atoms with Gasteiger partial charge in [0.05, 0.1) is 21.5 Å². The monoisotopic (exact) mass is 389 g/mol. The molecular formula is C16H17Cl2NO4S. The molecule has 0 fully saturated rings. The Morgan fingerprint density at radius 2 is 1.58 bits per heavy atom. The lowest BCUT2D eigenvalue weighted by atomic mass is 10.3. The molecule has 8 heteroatoms. The van der Waals surface area contributed by atoms with Crippen molar-refractivity contribution in [3.8, 4) is 11.5 Å². The first-order valence-corrected chi connectivity index (χ1v) is 9.46. The van der Waals surface area contributed by atoms with Crippen molar-refractivity contribution in [2.24, 2.45) is 0 Å². The van der Waals surface area contributed by atoms with Gasteiger partial charge in [-0.2, -0.15) is 0 Å². The Morgan fingerprint density at radius 1 is 0.958 bits per heavy atom. The molecule has 130 valence electrons. The molecule has 0 aromatic heterocycles. The van der Waals surface area contributed by atoms with Crippen LogP contribution in [0.5, 0.6) is 11.5 Å². The van der Waals surface area contributed by atoms with E-state index in [1.54, 1.807) is 24.3 Å². The van der Waals surface area contributed by atoms with Crippen LogP contribution in [-0.4, -0.2) is 28.2 Å². The SMILES string of the molecule is CCOc1ccc(OCCNS(=O)(=O)c2ccc(Cl)c(Cl)c2)cc1. The van der Waals surface area contributed by atoms with Gasteiger partial charge in [0.15, 0.2) is 0 Å². The van der Waals surface area contributed by atoms with Gasteiger partial charge in [0.25, 0.3) is 0 Å². The van der Waals surface area contributed by atoms with Gasteiger partial charge in [-0.25, -0.2) is 13.1 Å². The Kier molecular flexibility index (Phi) is 6.74. The van der Waals surface area contributed by atoms with E-state index in [0.717, 1.165) is 5.75 Å². The molecule has 1 N–H and O–H groups in total. The van der Waals surface area contributed by atoms with Crippen LogP contribution in [0.3, 0.4) is 0 Å². The Labute approximate surface area is 151 Å². The Balaban J connectivity index is 1.85. The van der Waals surface area contributed by atoms with Gasteiger partial charge in [-0.05, 0) is 49.4 Å². The van der Waals surface area contributed by atoms with E-state index < -0.39 is 10.0 Å². The first-order chi connectivity index (χ1) is 11.4. The van der Waals surface area contributed by atoms with Crippen molar-refractivity contribution in [3.05, 3.63) is 52.5 Å². The average molecular weight is 390 g/mol. The summed E-state index contributed by atoms with van der Waals surface area (Å²) in [4.78, 5) is 0.0537. The summed E-state index contributed by atoms with van der Waals surface area (Å²) in [5.74, 6) is 1.39. The van der Waals surface area contributed by atoms with Crippen LogP contribution in [0, 0.1) is 0 Å². The number of hydrogen-bond acceptors (Lipinski definition) is 4. The molecule has 0 amide bonds. The van der Waals surface area contributed by atoms with Gasteiger partial charge in [0.2, 0.25) is 10.0 Å². The van der Waals surface area contributed by atoms with Crippen molar-refractivity contribution in [1.82, 2.24) is 4.72 Å². The Hall–Kier alpha value is -1.47. The third-order valence-corrected chi connectivity index (χ3v) is 5.20. The molecule has 0 saturated heterocycles. The molecule has 0 unspecified atom stereocenters. The molecular weight excluding hydrogens is 373 g/mol. The summed E-state index contributed by atoms with van der Waals surface area (Å²) in [5, 5.41) is 0.486. The zero-order chi connectivity index (χ0) is 17.6. The van der Waals surface area contributed by atoms with Gasteiger partial charge in [-0.15, -0.1) is 0 Å². The van der Waals surface area contributed by atoms with Crippen LogP contribution in [-0.2, 0) is 10.0 Å². The largest absolute Gasteiger partial charge is 0.494 e. The van der Waals surface area contributed by atoms with Crippen LogP contribution in [0.25, 0.3) is 0 Å². The third-order valence-electron chi connectivity index (χ3n) is 3.00. The van der Waals surface area contributed by atoms with Gasteiger partial charge in [0, 0.05) is 6.54 Å². The van der Waals surface area contributed by atoms with Gasteiger partial charge in [-0.3, -0.25) is 0 Å². The van der Waals surface area contributed by atoms with Gasteiger partial charge >= 0.3 is 0 Å². The van der Waals surface area contributed by atoms with E-state index in [1.807, 2.05) is 6.92 Å². The number of benzene rings is 2. The molecule has 2 aromatic carbocycles. The molecule has 0 atom stereocenters. The lowest BCUT2D eigenvalue weighted by Crippen LogP contribution is -2.28. The fourth-order valence-corrected chi connectivity index (χ4v) is 3.27. The number of rotatable bonds is 8. The Morgan fingerprint density at radius 3 is 2.17 bits per heavy atom. The van der Waals surface area contributed by atoms with Crippen LogP contribution < -0.4 is 14.2 Å². The van der Waals surface area contributed by atoms with Gasteiger partial charge in [0.1, 0.15) is 18.1 Å². The summed E-state index contributed by atoms with van der Waals surface area (Å²) in [7, 11) is -3.66. The summed E-state index contributed by atoms with van der Waals surface area (Å²) in [6.07, 6.45) is 0. The van der Waals surface area contributed by atoms with Crippen LogP contribution in [0.2, 0.25) is 10.0 Å². The summed E-state index contributed by atoms with van der Waals surface area (Å²) >= 11 is 11.6. The molecule has 0 aliphatic rings. The number of nitrogens with one attached hydrogen (secondary N) is 1. The second-order valence-corrected chi connectivity index (χ2v) is 7.31. The second kappa shape index (κ2) is 8.58. The molecule has 0 aliphatic carbocycles. The van der Waals surface area contributed by atoms with E-state index in [0.29, 0.717) is 17.4 Å². The molecule has 0 radical (unpaired) electrons. The van der Waals surface area contributed by atoms with Crippen molar-refractivity contribution in [2.45, 2.75) is 11.8 Å². The highest BCUT2D eigenvalue weighted by Crippen LogP contribution is 2.24. The van der Waals surface area contributed by atoms with Crippen LogP contribution in [0.15, 0.2) is 47.4 Å². The highest BCUT2D eigenvalue weighted by atomic mass is 35.5. The van der Waals surface area contributed by atoms with Crippen molar-refractivity contribution in [1.29, 1.82) is 0 Å².